The highest BCUT2D eigenvalue weighted by atomic mass is 32.1. The number of rotatable bonds is 1. The minimum absolute atomic E-state index is 0.148. The number of isothiocyanates is 1. The molecule has 0 unspecified atom stereocenters. The first kappa shape index (κ1) is 10.8. The first-order valence-corrected chi connectivity index (χ1v) is 5.80. The number of pyridine rings is 1. The van der Waals surface area contributed by atoms with Crippen LogP contribution < -0.4 is 0 Å². The normalized spacial score (nSPS) is 10.4. The fourth-order valence-electron chi connectivity index (χ4n) is 2.06. The molecule has 0 aliphatic carbocycles. The Morgan fingerprint density at radius 2 is 1.83 bits per heavy atom. The fraction of sp³-hybridized carbons (Fsp3) is 0. The van der Waals surface area contributed by atoms with E-state index in [1.165, 1.54) is 0 Å². The number of phenolic OH excluding ortho intramolecular Hbond substituents is 1. The first-order chi connectivity index (χ1) is 8.81. The highest BCUT2D eigenvalue weighted by Gasteiger charge is 2.11. The van der Waals surface area contributed by atoms with Crippen LogP contribution in [0.5, 0.6) is 5.75 Å². The number of aromatic hydroxyl groups is 1. The molecule has 0 radical (unpaired) electrons. The van der Waals surface area contributed by atoms with Crippen molar-refractivity contribution in [3.8, 4) is 5.75 Å². The SMILES string of the molecule is Oc1cccc2nc3ccccc3c(N=C=S)c12. The van der Waals surface area contributed by atoms with E-state index in [1.807, 2.05) is 30.3 Å². The summed E-state index contributed by atoms with van der Waals surface area (Å²) in [5, 5.41) is 13.8. The summed E-state index contributed by atoms with van der Waals surface area (Å²) >= 11 is 4.68. The maximum Gasteiger partial charge on any atom is 0.127 e. The second-order valence-corrected chi connectivity index (χ2v) is 4.03. The molecule has 1 aromatic heterocycles. The predicted octanol–water partition coefficient (Wildman–Crippen LogP) is 3.83. The van der Waals surface area contributed by atoms with Gasteiger partial charge in [0.1, 0.15) is 5.75 Å². The Labute approximate surface area is 108 Å². The predicted molar refractivity (Wildman–Crippen MR) is 75.6 cm³/mol. The van der Waals surface area contributed by atoms with E-state index < -0.39 is 0 Å². The van der Waals surface area contributed by atoms with Crippen LogP contribution in [0.1, 0.15) is 0 Å². The van der Waals surface area contributed by atoms with Crippen molar-refractivity contribution >= 4 is 44.9 Å². The Balaban J connectivity index is 2.64. The van der Waals surface area contributed by atoms with Crippen molar-refractivity contribution in [2.24, 2.45) is 4.99 Å². The van der Waals surface area contributed by atoms with Gasteiger partial charge in [0.05, 0.1) is 27.3 Å². The number of thiocarbonyl (C=S) groups is 1. The lowest BCUT2D eigenvalue weighted by Crippen LogP contribution is -1.84. The number of para-hydroxylation sites is 1. The van der Waals surface area contributed by atoms with Gasteiger partial charge in [0.15, 0.2) is 0 Å². The van der Waals surface area contributed by atoms with E-state index >= 15 is 0 Å². The molecule has 0 bridgehead atoms. The van der Waals surface area contributed by atoms with Gasteiger partial charge in [-0.3, -0.25) is 0 Å². The van der Waals surface area contributed by atoms with Crippen LogP contribution >= 0.6 is 12.2 Å². The topological polar surface area (TPSA) is 45.5 Å². The summed E-state index contributed by atoms with van der Waals surface area (Å²) in [6.07, 6.45) is 0. The van der Waals surface area contributed by atoms with Gasteiger partial charge in [0, 0.05) is 5.39 Å². The summed E-state index contributed by atoms with van der Waals surface area (Å²) in [5.41, 5.74) is 2.13. The Morgan fingerprint density at radius 1 is 1.06 bits per heavy atom. The van der Waals surface area contributed by atoms with Crippen LogP contribution in [0.4, 0.5) is 5.69 Å². The van der Waals surface area contributed by atoms with Gasteiger partial charge >= 0.3 is 0 Å². The maximum atomic E-state index is 9.98. The number of fused-ring (bicyclic) bond motifs is 2. The molecule has 3 rings (SSSR count). The molecule has 0 amide bonds. The molecule has 0 atom stereocenters. The third-order valence-corrected chi connectivity index (χ3v) is 2.91. The molecule has 3 nitrogen and oxygen atoms in total. The van der Waals surface area contributed by atoms with E-state index in [9.17, 15) is 5.11 Å². The van der Waals surface area contributed by atoms with Crippen LogP contribution in [-0.2, 0) is 0 Å². The molecule has 3 aromatic rings. The zero-order chi connectivity index (χ0) is 12.5. The minimum Gasteiger partial charge on any atom is -0.507 e. The largest absolute Gasteiger partial charge is 0.507 e. The number of phenols is 1. The minimum atomic E-state index is 0.148. The maximum absolute atomic E-state index is 9.98. The summed E-state index contributed by atoms with van der Waals surface area (Å²) in [4.78, 5) is 8.59. The van der Waals surface area contributed by atoms with Gasteiger partial charge in [-0.05, 0) is 30.4 Å². The van der Waals surface area contributed by atoms with E-state index in [0.29, 0.717) is 16.6 Å². The molecular formula is C14H8N2OS. The summed E-state index contributed by atoms with van der Waals surface area (Å²) in [6, 6.07) is 12.8. The fourth-order valence-corrected chi connectivity index (χ4v) is 2.15. The summed E-state index contributed by atoms with van der Waals surface area (Å²) in [7, 11) is 0. The lowest BCUT2D eigenvalue weighted by atomic mass is 10.1. The number of nitrogens with zero attached hydrogens (tertiary/aromatic N) is 2. The van der Waals surface area contributed by atoms with E-state index in [1.54, 1.807) is 12.1 Å². The Bertz CT molecular complexity index is 807. The summed E-state index contributed by atoms with van der Waals surface area (Å²) in [5.74, 6) is 0.148. The van der Waals surface area contributed by atoms with Gasteiger partial charge in [-0.2, -0.15) is 4.99 Å². The molecule has 0 spiro atoms. The molecule has 2 aromatic carbocycles. The molecule has 0 aliphatic heterocycles. The van der Waals surface area contributed by atoms with Crippen LogP contribution in [0.3, 0.4) is 0 Å². The van der Waals surface area contributed by atoms with Crippen molar-refractivity contribution in [2.75, 3.05) is 0 Å². The van der Waals surface area contributed by atoms with E-state index in [2.05, 4.69) is 27.4 Å². The molecule has 1 heterocycles. The van der Waals surface area contributed by atoms with Crippen LogP contribution in [0.2, 0.25) is 0 Å². The van der Waals surface area contributed by atoms with Crippen LogP contribution in [0.25, 0.3) is 21.8 Å². The number of aliphatic imine (C=N–C) groups is 1. The molecular weight excluding hydrogens is 244 g/mol. The molecule has 1 N–H and O–H groups in total. The van der Waals surface area contributed by atoms with Gasteiger partial charge < -0.3 is 5.11 Å². The van der Waals surface area contributed by atoms with Crippen LogP contribution in [0, 0.1) is 0 Å². The summed E-state index contributed by atoms with van der Waals surface area (Å²) < 4.78 is 0. The molecule has 0 saturated carbocycles. The molecule has 86 valence electrons. The van der Waals surface area contributed by atoms with Gasteiger partial charge in [-0.25, -0.2) is 4.98 Å². The number of aromatic nitrogens is 1. The first-order valence-electron chi connectivity index (χ1n) is 5.39. The monoisotopic (exact) mass is 252 g/mol. The average molecular weight is 252 g/mol. The van der Waals surface area contributed by atoms with Crippen molar-refractivity contribution < 1.29 is 5.11 Å². The molecule has 0 fully saturated rings. The zero-order valence-corrected chi connectivity index (χ0v) is 10.1. The second-order valence-electron chi connectivity index (χ2n) is 3.85. The summed E-state index contributed by atoms with van der Waals surface area (Å²) in [6.45, 7) is 0. The highest BCUT2D eigenvalue weighted by molar-refractivity contribution is 7.78. The van der Waals surface area contributed by atoms with Crippen molar-refractivity contribution in [3.63, 3.8) is 0 Å². The van der Waals surface area contributed by atoms with E-state index in [4.69, 9.17) is 0 Å². The van der Waals surface area contributed by atoms with Crippen molar-refractivity contribution in [3.05, 3.63) is 42.5 Å². The highest BCUT2D eigenvalue weighted by Crippen LogP contribution is 2.37. The third kappa shape index (κ3) is 1.56. The molecule has 18 heavy (non-hydrogen) atoms. The number of hydrogen-bond donors (Lipinski definition) is 1. The molecule has 0 aliphatic rings. The third-order valence-electron chi connectivity index (χ3n) is 2.81. The zero-order valence-electron chi connectivity index (χ0n) is 9.29. The van der Waals surface area contributed by atoms with Crippen LogP contribution in [0.15, 0.2) is 47.5 Å². The Morgan fingerprint density at radius 3 is 2.67 bits per heavy atom. The van der Waals surface area contributed by atoms with E-state index in [0.717, 1.165) is 10.9 Å². The quantitative estimate of drug-likeness (QED) is 0.407. The Hall–Kier alpha value is -2.29. The lowest BCUT2D eigenvalue weighted by Gasteiger charge is -2.07. The Kier molecular flexibility index (Phi) is 2.52. The lowest BCUT2D eigenvalue weighted by molar-refractivity contribution is 0.482. The smallest absolute Gasteiger partial charge is 0.127 e. The second kappa shape index (κ2) is 4.18. The van der Waals surface area contributed by atoms with Gasteiger partial charge in [-0.15, -0.1) is 0 Å². The van der Waals surface area contributed by atoms with E-state index in [-0.39, 0.29) is 5.75 Å². The van der Waals surface area contributed by atoms with Crippen LogP contribution in [-0.4, -0.2) is 15.3 Å². The number of hydrogen-bond acceptors (Lipinski definition) is 4. The molecule has 4 heteroatoms. The standard InChI is InChI=1S/C14H8N2OS/c17-12-7-3-6-11-13(12)14(15-8-18)9-4-1-2-5-10(9)16-11/h1-7,17H. The van der Waals surface area contributed by atoms with Crippen molar-refractivity contribution in [1.82, 2.24) is 4.98 Å². The van der Waals surface area contributed by atoms with Gasteiger partial charge in [-0.1, -0.05) is 24.3 Å². The van der Waals surface area contributed by atoms with Gasteiger partial charge in [0.25, 0.3) is 0 Å². The van der Waals surface area contributed by atoms with Crippen molar-refractivity contribution in [2.45, 2.75) is 0 Å². The number of benzene rings is 2. The van der Waals surface area contributed by atoms with Gasteiger partial charge in [0.2, 0.25) is 0 Å². The average Bonchev–Trinajstić information content (AvgIpc) is 2.39. The molecule has 0 saturated heterocycles. The van der Waals surface area contributed by atoms with Crippen molar-refractivity contribution in [1.29, 1.82) is 0 Å².